The molecular weight excluding hydrogens is 354 g/mol. The first-order valence-corrected chi connectivity index (χ1v) is 6.24. The average molecular weight is 369 g/mol. The lowest BCUT2D eigenvalue weighted by Crippen LogP contribution is -2.59. The average Bonchev–Trinajstić information content (AvgIpc) is 2.46. The van der Waals surface area contributed by atoms with Gasteiger partial charge in [-0.1, -0.05) is 20.0 Å². The summed E-state index contributed by atoms with van der Waals surface area (Å²) in [6.07, 6.45) is 0. The Morgan fingerprint density at radius 2 is 0.880 bits per heavy atom. The molecule has 1 rings (SSSR count). The fourth-order valence-electron chi connectivity index (χ4n) is 1.35. The Morgan fingerprint density at radius 3 is 0.960 bits per heavy atom. The number of hydrogen-bond acceptors (Lipinski definition) is 9. The third-order valence-electron chi connectivity index (χ3n) is 2.58. The van der Waals surface area contributed by atoms with Crippen LogP contribution < -0.4 is 5.32 Å². The Kier molecular flexibility index (Phi) is 8.01. The number of hydrogen-bond donors (Lipinski definition) is 1. The van der Waals surface area contributed by atoms with Crippen molar-refractivity contribution in [3.63, 3.8) is 0 Å². The molecule has 0 atom stereocenters. The normalized spacial score (nSPS) is 14.5. The molecule has 1 aliphatic rings. The van der Waals surface area contributed by atoms with Crippen LogP contribution in [0.1, 0.15) is 6.92 Å². The van der Waals surface area contributed by atoms with Gasteiger partial charge in [-0.3, -0.25) is 4.79 Å². The second-order valence-electron chi connectivity index (χ2n) is 4.35. The summed E-state index contributed by atoms with van der Waals surface area (Å²) in [6, 6.07) is 0. The van der Waals surface area contributed by atoms with E-state index in [1.165, 1.54) is 6.92 Å². The van der Waals surface area contributed by atoms with E-state index >= 15 is 0 Å². The number of nitrogens with one attached hydrogen (secondary N) is 1. The molecule has 18 heteroatoms. The molecular formula is C7H15N9O9. The van der Waals surface area contributed by atoms with Gasteiger partial charge >= 0.3 is 0 Å². The third kappa shape index (κ3) is 7.38. The largest absolute Gasteiger partial charge is 0.359 e. The van der Waals surface area contributed by atoms with Crippen LogP contribution in [0.4, 0.5) is 0 Å². The van der Waals surface area contributed by atoms with Gasteiger partial charge in [0.2, 0.25) is 32.6 Å². The lowest BCUT2D eigenvalue weighted by molar-refractivity contribution is -0.775. The number of hydrazine groups is 4. The monoisotopic (exact) mass is 369 g/mol. The van der Waals surface area contributed by atoms with Crippen LogP contribution in [-0.4, -0.2) is 79.8 Å². The molecule has 0 aromatic carbocycles. The van der Waals surface area contributed by atoms with E-state index in [1.54, 1.807) is 7.05 Å². The Morgan fingerprint density at radius 1 is 0.720 bits per heavy atom. The van der Waals surface area contributed by atoms with Gasteiger partial charge in [0, 0.05) is 14.0 Å². The molecule has 0 bridgehead atoms. The molecule has 0 aromatic heterocycles. The molecule has 0 aromatic rings. The first-order valence-electron chi connectivity index (χ1n) is 6.24. The van der Waals surface area contributed by atoms with Crippen molar-refractivity contribution in [2.75, 3.05) is 33.7 Å². The van der Waals surface area contributed by atoms with Gasteiger partial charge in [-0.2, -0.15) is 0 Å². The number of nitrogens with zero attached hydrogens (tertiary/aromatic N) is 8. The van der Waals surface area contributed by atoms with Crippen molar-refractivity contribution in [2.45, 2.75) is 6.92 Å². The van der Waals surface area contributed by atoms with Crippen LogP contribution in [0.5, 0.6) is 0 Å². The van der Waals surface area contributed by atoms with Crippen LogP contribution in [0.25, 0.3) is 0 Å². The molecule has 1 saturated heterocycles. The first-order chi connectivity index (χ1) is 11.5. The molecule has 1 N–H and O–H groups in total. The fraction of sp³-hybridized carbons (Fsp3) is 0.857. The molecule has 1 amide bonds. The molecule has 0 unspecified atom stereocenters. The molecule has 0 saturated carbocycles. The van der Waals surface area contributed by atoms with Gasteiger partial charge in [0.25, 0.3) is 0 Å². The van der Waals surface area contributed by atoms with Crippen LogP contribution in [0.2, 0.25) is 0 Å². The summed E-state index contributed by atoms with van der Waals surface area (Å²) in [7, 11) is 1.60. The van der Waals surface area contributed by atoms with E-state index in [4.69, 9.17) is 0 Å². The first kappa shape index (κ1) is 21.3. The van der Waals surface area contributed by atoms with E-state index in [0.717, 1.165) is 0 Å². The quantitative estimate of drug-likeness (QED) is 0.403. The molecule has 142 valence electrons. The van der Waals surface area contributed by atoms with Gasteiger partial charge in [-0.25, -0.2) is 40.5 Å². The van der Waals surface area contributed by atoms with Crippen molar-refractivity contribution in [2.24, 2.45) is 0 Å². The van der Waals surface area contributed by atoms with Gasteiger partial charge < -0.3 is 5.32 Å². The minimum atomic E-state index is -1.06. The highest BCUT2D eigenvalue weighted by Crippen LogP contribution is 2.07. The Balaban J connectivity index is 0.00000101. The summed E-state index contributed by atoms with van der Waals surface area (Å²) < 4.78 is 0. The highest BCUT2D eigenvalue weighted by molar-refractivity contribution is 5.72. The zero-order valence-corrected chi connectivity index (χ0v) is 13.1. The minimum absolute atomic E-state index is 0.00463. The second-order valence-corrected chi connectivity index (χ2v) is 4.35. The van der Waals surface area contributed by atoms with Crippen LogP contribution in [0, 0.1) is 40.5 Å². The summed E-state index contributed by atoms with van der Waals surface area (Å²) >= 11 is 0. The summed E-state index contributed by atoms with van der Waals surface area (Å²) in [5.74, 6) is 0.00463. The third-order valence-corrected chi connectivity index (χ3v) is 2.58. The predicted octanol–water partition coefficient (Wildman–Crippen LogP) is -2.44. The zero-order chi connectivity index (χ0) is 19.7. The second kappa shape index (κ2) is 9.42. The van der Waals surface area contributed by atoms with Crippen LogP contribution in [0.15, 0.2) is 0 Å². The highest BCUT2D eigenvalue weighted by atomic mass is 16.7. The molecule has 0 aliphatic carbocycles. The van der Waals surface area contributed by atoms with Gasteiger partial charge in [-0.15, -0.1) is 0 Å². The Bertz CT molecular complexity index is 454. The van der Waals surface area contributed by atoms with Crippen LogP contribution in [-0.2, 0) is 4.79 Å². The van der Waals surface area contributed by atoms with Crippen LogP contribution in [0.3, 0.4) is 0 Å². The van der Waals surface area contributed by atoms with Crippen molar-refractivity contribution in [1.82, 2.24) is 25.4 Å². The lowest BCUT2D eigenvalue weighted by atomic mass is 10.7. The zero-order valence-electron chi connectivity index (χ0n) is 13.1. The molecule has 25 heavy (non-hydrogen) atoms. The lowest BCUT2D eigenvalue weighted by Gasteiger charge is -2.27. The molecule has 1 aliphatic heterocycles. The van der Waals surface area contributed by atoms with E-state index in [2.05, 4.69) is 5.32 Å². The minimum Gasteiger partial charge on any atom is -0.359 e. The van der Waals surface area contributed by atoms with E-state index in [-0.39, 0.29) is 25.9 Å². The van der Waals surface area contributed by atoms with Crippen molar-refractivity contribution in [3.05, 3.63) is 40.5 Å². The SMILES string of the molecule is CNC(C)=O.O=[N+]([O-])N1CN([N+](=O)[O-])CN([N+](=O)[O-])CN([N+](=O)[O-])C1. The molecule has 0 spiro atoms. The fourth-order valence-corrected chi connectivity index (χ4v) is 1.35. The van der Waals surface area contributed by atoms with Crippen molar-refractivity contribution in [3.8, 4) is 0 Å². The maximum absolute atomic E-state index is 10.7. The number of amides is 1. The topological polar surface area (TPSA) is 215 Å². The maximum atomic E-state index is 10.7. The molecule has 1 fully saturated rings. The molecule has 0 radical (unpaired) electrons. The highest BCUT2D eigenvalue weighted by Gasteiger charge is 2.39. The maximum Gasteiger partial charge on any atom is 0.216 e. The summed E-state index contributed by atoms with van der Waals surface area (Å²) in [4.78, 5) is 52.3. The number of carbonyl (C=O) groups excluding carboxylic acids is 1. The predicted molar refractivity (Wildman–Crippen MR) is 74.5 cm³/mol. The van der Waals surface area contributed by atoms with E-state index < -0.39 is 46.8 Å². The summed E-state index contributed by atoms with van der Waals surface area (Å²) in [5.41, 5.74) is 0. The Labute approximate surface area is 138 Å². The Hall–Kier alpha value is -3.73. The number of carbonyl (C=O) groups is 1. The van der Waals surface area contributed by atoms with Gasteiger partial charge in [-0.05, 0) is 0 Å². The standard InChI is InChI=1S/C4H8N8O8.C3H7NO/c13-9(14)5-1-6(10(15)16)3-8(12(19)20)4-7(2-5)11(17)18;1-3(5)4-2/h1-4H2;1-2H3,(H,4,5). The van der Waals surface area contributed by atoms with E-state index in [0.29, 0.717) is 0 Å². The summed E-state index contributed by atoms with van der Waals surface area (Å²) in [5, 5.41) is 41.6. The van der Waals surface area contributed by atoms with Crippen molar-refractivity contribution in [1.29, 1.82) is 0 Å². The van der Waals surface area contributed by atoms with Crippen molar-refractivity contribution >= 4 is 5.91 Å². The molecule has 1 heterocycles. The van der Waals surface area contributed by atoms with Gasteiger partial charge in [0.05, 0.1) is 0 Å². The number of rotatable bonds is 4. The van der Waals surface area contributed by atoms with Gasteiger partial charge in [0.1, 0.15) is 0 Å². The van der Waals surface area contributed by atoms with E-state index in [9.17, 15) is 45.3 Å². The van der Waals surface area contributed by atoms with E-state index in [1.807, 2.05) is 0 Å². The van der Waals surface area contributed by atoms with Gasteiger partial charge in [0.15, 0.2) is 20.1 Å². The smallest absolute Gasteiger partial charge is 0.216 e. The van der Waals surface area contributed by atoms with Crippen molar-refractivity contribution < 1.29 is 24.9 Å². The van der Waals surface area contributed by atoms with Crippen LogP contribution >= 0.6 is 0 Å². The molecule has 18 nitrogen and oxygen atoms in total. The summed E-state index contributed by atoms with van der Waals surface area (Å²) in [6.45, 7) is -2.33. The number of nitro groups is 4.